The first-order chi connectivity index (χ1) is 54.7. The molecule has 8 amide bonds. The van der Waals surface area contributed by atoms with Gasteiger partial charge in [0.25, 0.3) is 0 Å². The van der Waals surface area contributed by atoms with Crippen LogP contribution in [0.4, 0.5) is 19.2 Å². The molecular weight excluding hydrogens is 1460 g/mol. The number of hydrogen-bond donors (Lipinski definition) is 9. The fourth-order valence-corrected chi connectivity index (χ4v) is 15.9. The van der Waals surface area contributed by atoms with E-state index >= 15 is 0 Å². The highest BCUT2D eigenvalue weighted by atomic mass is 16.6. The number of nitrogens with zero attached hydrogens (tertiary/aromatic N) is 8. The van der Waals surface area contributed by atoms with E-state index in [2.05, 4.69) is 66.1 Å². The van der Waals surface area contributed by atoms with Crippen molar-refractivity contribution in [1.29, 1.82) is 0 Å². The fourth-order valence-electron chi connectivity index (χ4n) is 15.9. The zero-order valence-electron chi connectivity index (χ0n) is 65.9. The van der Waals surface area contributed by atoms with Gasteiger partial charge in [-0.2, -0.15) is 0 Å². The number of pyridine rings is 1. The molecule has 0 aliphatic carbocycles. The Hall–Kier alpha value is -12.4. The summed E-state index contributed by atoms with van der Waals surface area (Å²) < 4.78 is 25.3. The van der Waals surface area contributed by atoms with Crippen LogP contribution in [-0.2, 0) is 38.1 Å². The number of aromatic nitrogens is 9. The normalized spacial score (nSPS) is 18.0. The minimum Gasteiger partial charge on any atom is -0.456 e. The Labute approximate surface area is 656 Å². The van der Waals surface area contributed by atoms with E-state index in [1.807, 2.05) is 97.9 Å². The Morgan fingerprint density at radius 1 is 0.368 bits per heavy atom. The number of alkyl carbamates (subject to hydrolysis) is 4. The molecule has 10 heterocycles. The zero-order chi connectivity index (χ0) is 81.1. The lowest BCUT2D eigenvalue weighted by molar-refractivity contribution is -0.136. The molecule has 4 aromatic carbocycles. The molecule has 0 bridgehead atoms. The number of nitrogens with one attached hydrogen (secondary N) is 9. The van der Waals surface area contributed by atoms with Gasteiger partial charge in [-0.3, -0.25) is 28.8 Å². The number of rotatable bonds is 20. The average molecular weight is 1560 g/mol. The molecule has 32 nitrogen and oxygen atoms in total. The van der Waals surface area contributed by atoms with Gasteiger partial charge >= 0.3 is 24.4 Å². The van der Waals surface area contributed by atoms with Crippen molar-refractivity contribution < 1.29 is 61.7 Å². The van der Waals surface area contributed by atoms with E-state index in [1.54, 1.807) is 74.7 Å². The van der Waals surface area contributed by atoms with Gasteiger partial charge in [0.15, 0.2) is 5.43 Å². The summed E-state index contributed by atoms with van der Waals surface area (Å²) >= 11 is 0. The van der Waals surface area contributed by atoms with Crippen molar-refractivity contribution in [2.24, 2.45) is 23.7 Å². The van der Waals surface area contributed by atoms with Crippen LogP contribution in [0.5, 0.6) is 0 Å². The zero-order valence-corrected chi connectivity index (χ0v) is 65.9. The van der Waals surface area contributed by atoms with Gasteiger partial charge in [-0.05, 0) is 130 Å². The Bertz CT molecular complexity index is 5090. The summed E-state index contributed by atoms with van der Waals surface area (Å²) in [5.41, 5.74) is 7.80. The highest BCUT2D eigenvalue weighted by Crippen LogP contribution is 2.39. The van der Waals surface area contributed by atoms with Crippen LogP contribution in [0.25, 0.3) is 88.8 Å². The van der Waals surface area contributed by atoms with Crippen LogP contribution < -0.4 is 32.1 Å². The molecule has 32 heteroatoms. The van der Waals surface area contributed by atoms with Gasteiger partial charge in [0.2, 0.25) is 29.1 Å². The minimum atomic E-state index is -0.739. The molecule has 8 atom stereocenters. The number of methoxy groups -OCH3 is 4. The number of H-pyrrole nitrogens is 5. The third kappa shape index (κ3) is 16.3. The Balaban J connectivity index is 0.000000199. The molecule has 4 aliphatic rings. The fraction of sp³-hybridized carbons (Fsp3) is 0.439. The first-order valence-corrected chi connectivity index (χ1v) is 38.7. The maximum absolute atomic E-state index is 13.9. The van der Waals surface area contributed by atoms with E-state index in [9.17, 15) is 47.9 Å². The van der Waals surface area contributed by atoms with E-state index in [1.165, 1.54) is 28.4 Å². The standard InChI is InChI=1S/C41H49N9O7.C41H48N8O8/c1-21(2)33(47-40(54)56-5)38(52)49-15-7-9-31(49)36-42-19-29(45-36)23-12-14-27-26(17-23)35(51)25-13-11-24(18-28(25)44-27)30-20-43-37(46-30)32-10-8-16-50(32)39(53)34(22(3)4)48-41(55)57-6;1-21(2)33(46-40(53)55-5)38(51)48-15-7-9-29(48)36-42-19-27(44-36)23-12-14-31-26(17-23)35(50)25-13-11-24(18-32(25)57-31)28-20-43-37(45-28)30-10-8-16-49(30)39(52)34(22(3)4)47-41(54)56-6/h11-14,17-22,31-34H,7-10,15-16H2,1-6H3,(H,42,45)(H,43,46)(H,44,51)(H,47,54)(H,48,55);11-14,17-22,29-30,33-34H,7-10,15-16H2,1-6H3,(H,42,44)(H,43,45)(H,46,53)(H,47,54)/t31-,32-,33-,34-;29-,30-,33-,34-/m00/s1. The average Bonchev–Trinajstić information content (AvgIpc) is 0.975. The van der Waals surface area contributed by atoms with Crippen LogP contribution in [0.2, 0.25) is 0 Å². The molecule has 14 rings (SSSR count). The van der Waals surface area contributed by atoms with Crippen LogP contribution in [-0.4, -0.2) is 191 Å². The van der Waals surface area contributed by atoms with E-state index < -0.39 is 48.5 Å². The molecule has 6 aromatic heterocycles. The molecule has 0 saturated carbocycles. The number of fused-ring (bicyclic) bond motifs is 4. The number of ether oxygens (including phenoxy) is 4. The van der Waals surface area contributed by atoms with Gasteiger partial charge in [0.1, 0.15) is 58.6 Å². The number of imidazole rings is 4. The summed E-state index contributed by atoms with van der Waals surface area (Å²) in [5, 5.41) is 12.6. The highest BCUT2D eigenvalue weighted by molar-refractivity contribution is 5.97. The largest absolute Gasteiger partial charge is 0.456 e. The molecule has 4 aliphatic heterocycles. The van der Waals surface area contributed by atoms with Crippen LogP contribution in [0.1, 0.15) is 154 Å². The highest BCUT2D eigenvalue weighted by Gasteiger charge is 2.42. The minimum absolute atomic E-state index is 0.122. The van der Waals surface area contributed by atoms with Crippen molar-refractivity contribution in [3.05, 3.63) is 141 Å². The third-order valence-electron chi connectivity index (χ3n) is 22.1. The second-order valence-electron chi connectivity index (χ2n) is 30.7. The van der Waals surface area contributed by atoms with Crippen LogP contribution in [0.3, 0.4) is 0 Å². The van der Waals surface area contributed by atoms with Crippen LogP contribution >= 0.6 is 0 Å². The second-order valence-corrected chi connectivity index (χ2v) is 30.7. The lowest BCUT2D eigenvalue weighted by atomic mass is 10.0. The molecule has 0 radical (unpaired) electrons. The first-order valence-electron chi connectivity index (χ1n) is 38.7. The molecule has 0 unspecified atom stereocenters. The van der Waals surface area contributed by atoms with Crippen molar-refractivity contribution in [3.63, 3.8) is 0 Å². The van der Waals surface area contributed by atoms with E-state index in [4.69, 9.17) is 23.4 Å². The maximum Gasteiger partial charge on any atom is 0.407 e. The molecule has 4 fully saturated rings. The SMILES string of the molecule is COC(=O)N[C@H](C(=O)N1CCC[C@H]1c1ncc(-c2ccc3c(=O)c4cc(-c5cnc([C@@H]6CCCN6C(=O)[C@@H](NC(=O)OC)C(C)C)[nH]5)ccc4[nH]c3c2)[nH]1)C(C)C.COC(=O)N[C@H](C(=O)N1CCC[C@H]1c1ncc(-c2ccc3c(=O)c4cc(-c5cnc([C@@H]6CCCN6C(=O)[C@@H](NC(=O)OC)C(C)C)[nH]5)ccc4oc3c2)[nH]1)C(C)C. The summed E-state index contributed by atoms with van der Waals surface area (Å²) in [7, 11) is 5.08. The molecule has 9 N–H and O–H groups in total. The van der Waals surface area contributed by atoms with Gasteiger partial charge in [-0.25, -0.2) is 39.1 Å². The molecule has 114 heavy (non-hydrogen) atoms. The van der Waals surface area contributed by atoms with Gasteiger partial charge < -0.3 is 89.2 Å². The monoisotopic (exact) mass is 1560 g/mol. The lowest BCUT2D eigenvalue weighted by Gasteiger charge is -2.30. The van der Waals surface area contributed by atoms with Crippen molar-refractivity contribution in [2.75, 3.05) is 54.6 Å². The van der Waals surface area contributed by atoms with Crippen molar-refractivity contribution in [1.82, 2.24) is 85.7 Å². The summed E-state index contributed by atoms with van der Waals surface area (Å²) in [4.78, 5) is 173. The quantitative estimate of drug-likeness (QED) is 0.0253. The number of amides is 8. The van der Waals surface area contributed by atoms with Crippen LogP contribution in [0.15, 0.2) is 112 Å². The topological polar surface area (TPSA) is 412 Å². The Morgan fingerprint density at radius 3 is 1.03 bits per heavy atom. The third-order valence-corrected chi connectivity index (χ3v) is 22.1. The number of likely N-dealkylation sites (tertiary alicyclic amines) is 4. The molecular formula is C82H97N17O15. The van der Waals surface area contributed by atoms with Gasteiger partial charge in [-0.15, -0.1) is 0 Å². The Morgan fingerprint density at radius 2 is 0.675 bits per heavy atom. The maximum atomic E-state index is 13.9. The number of carbonyl (C=O) groups is 8. The Kier molecular flexibility index (Phi) is 23.7. The van der Waals surface area contributed by atoms with Gasteiger partial charge in [0, 0.05) is 64.7 Å². The molecule has 600 valence electrons. The predicted octanol–water partition coefficient (Wildman–Crippen LogP) is 11.4. The number of benzene rings is 4. The smallest absolute Gasteiger partial charge is 0.407 e. The van der Waals surface area contributed by atoms with Gasteiger partial charge in [0.05, 0.1) is 116 Å². The number of hydrogen-bond acceptors (Lipinski definition) is 19. The summed E-state index contributed by atoms with van der Waals surface area (Å²) in [6, 6.07) is 17.9. The van der Waals surface area contributed by atoms with E-state index in [0.29, 0.717) is 117 Å². The second kappa shape index (κ2) is 33.9. The van der Waals surface area contributed by atoms with Gasteiger partial charge in [-0.1, -0.05) is 73.6 Å². The van der Waals surface area contributed by atoms with Crippen molar-refractivity contribution in [3.8, 4) is 45.0 Å². The first kappa shape index (κ1) is 79.7. The molecule has 0 spiro atoms. The van der Waals surface area contributed by atoms with Crippen LogP contribution in [0, 0.1) is 23.7 Å². The molecule has 10 aromatic rings. The van der Waals surface area contributed by atoms with E-state index in [-0.39, 0.29) is 82.3 Å². The van der Waals surface area contributed by atoms with Crippen molar-refractivity contribution >= 4 is 91.7 Å². The summed E-state index contributed by atoms with van der Waals surface area (Å²) in [6.07, 6.45) is 10.3. The summed E-state index contributed by atoms with van der Waals surface area (Å²) in [6.45, 7) is 17.2. The van der Waals surface area contributed by atoms with Crippen molar-refractivity contribution in [2.45, 2.75) is 155 Å². The molecule has 4 saturated heterocycles. The predicted molar refractivity (Wildman–Crippen MR) is 424 cm³/mol. The summed E-state index contributed by atoms with van der Waals surface area (Å²) in [5.74, 6) is 1.23. The number of aromatic amines is 5. The van der Waals surface area contributed by atoms with E-state index in [0.717, 1.165) is 72.9 Å². The number of carbonyl (C=O) groups excluding carboxylic acids is 8. The lowest BCUT2D eigenvalue weighted by Crippen LogP contribution is -2.51.